The minimum absolute atomic E-state index is 0.117. The second kappa shape index (κ2) is 7.53. The number of aromatic nitrogens is 2. The maximum atomic E-state index is 11.9. The fraction of sp³-hybridized carbons (Fsp3) is 0.706. The predicted molar refractivity (Wildman–Crippen MR) is 96.8 cm³/mol. The summed E-state index contributed by atoms with van der Waals surface area (Å²) in [5.74, 6) is 1.83. The number of piperazine rings is 2. The molecule has 0 bridgehead atoms. The van der Waals surface area contributed by atoms with Gasteiger partial charge >= 0.3 is 0 Å². The summed E-state index contributed by atoms with van der Waals surface area (Å²) in [7, 11) is 1.83. The molecule has 0 spiro atoms. The molecule has 0 aliphatic carbocycles. The molecule has 3 heterocycles. The molecule has 1 aromatic heterocycles. The van der Waals surface area contributed by atoms with E-state index in [9.17, 15) is 9.90 Å². The minimum atomic E-state index is -0.311. The van der Waals surface area contributed by atoms with Crippen LogP contribution in [0.1, 0.15) is 13.8 Å². The maximum absolute atomic E-state index is 11.9. The Labute approximate surface area is 149 Å². The van der Waals surface area contributed by atoms with Crippen molar-refractivity contribution in [3.63, 3.8) is 0 Å². The Hall–Kier alpha value is -1.93. The van der Waals surface area contributed by atoms with E-state index in [2.05, 4.69) is 26.7 Å². The van der Waals surface area contributed by atoms with Crippen molar-refractivity contribution in [3.8, 4) is 0 Å². The Morgan fingerprint density at radius 1 is 1.20 bits per heavy atom. The average molecular weight is 348 g/mol. The van der Waals surface area contributed by atoms with E-state index in [0.29, 0.717) is 25.7 Å². The van der Waals surface area contributed by atoms with Crippen molar-refractivity contribution < 1.29 is 9.90 Å². The van der Waals surface area contributed by atoms with Crippen LogP contribution in [0.5, 0.6) is 0 Å². The predicted octanol–water partition coefficient (Wildman–Crippen LogP) is -0.354. The van der Waals surface area contributed by atoms with Gasteiger partial charge in [-0.1, -0.05) is 0 Å². The standard InChI is InChI=1S/C17H28N6O2/c1-13-9-22(7-6-21(13)10-14(2)24)15-8-16(19-12-18-15)23-5-4-20(3)17(25)11-23/h8,12-14,24H,4-7,9-11H2,1-3H3. The summed E-state index contributed by atoms with van der Waals surface area (Å²) in [5, 5.41) is 9.61. The third-order valence-electron chi connectivity index (χ3n) is 5.01. The number of hydrogen-bond donors (Lipinski definition) is 1. The van der Waals surface area contributed by atoms with Crippen molar-refractivity contribution in [2.75, 3.05) is 62.7 Å². The number of rotatable bonds is 4. The Balaban J connectivity index is 1.67. The van der Waals surface area contributed by atoms with E-state index in [1.807, 2.05) is 24.9 Å². The molecule has 8 heteroatoms. The van der Waals surface area contributed by atoms with Crippen LogP contribution in [-0.2, 0) is 4.79 Å². The first-order valence-electron chi connectivity index (χ1n) is 8.92. The normalized spacial score (nSPS) is 23.9. The van der Waals surface area contributed by atoms with Crippen molar-refractivity contribution in [2.45, 2.75) is 26.0 Å². The summed E-state index contributed by atoms with van der Waals surface area (Å²) in [4.78, 5) is 29.1. The van der Waals surface area contributed by atoms with Crippen molar-refractivity contribution in [1.29, 1.82) is 0 Å². The number of amides is 1. The highest BCUT2D eigenvalue weighted by Crippen LogP contribution is 2.22. The first-order valence-corrected chi connectivity index (χ1v) is 8.92. The molecule has 0 aromatic carbocycles. The van der Waals surface area contributed by atoms with E-state index >= 15 is 0 Å². The summed E-state index contributed by atoms with van der Waals surface area (Å²) in [5.41, 5.74) is 0. The van der Waals surface area contributed by atoms with Gasteiger partial charge in [0.25, 0.3) is 0 Å². The molecule has 2 fully saturated rings. The number of aliphatic hydroxyl groups is 1. The average Bonchev–Trinajstić information content (AvgIpc) is 2.59. The molecule has 1 aromatic rings. The molecule has 25 heavy (non-hydrogen) atoms. The Morgan fingerprint density at radius 3 is 2.52 bits per heavy atom. The quantitative estimate of drug-likeness (QED) is 0.797. The summed E-state index contributed by atoms with van der Waals surface area (Å²) < 4.78 is 0. The first kappa shape index (κ1) is 17.9. The van der Waals surface area contributed by atoms with Crippen molar-refractivity contribution in [3.05, 3.63) is 12.4 Å². The molecule has 138 valence electrons. The van der Waals surface area contributed by atoms with Crippen molar-refractivity contribution in [2.24, 2.45) is 0 Å². The number of hydrogen-bond acceptors (Lipinski definition) is 7. The second-order valence-corrected chi connectivity index (χ2v) is 7.11. The lowest BCUT2D eigenvalue weighted by Crippen LogP contribution is -2.53. The number of nitrogens with zero attached hydrogens (tertiary/aromatic N) is 6. The summed E-state index contributed by atoms with van der Waals surface area (Å²) in [6.07, 6.45) is 1.27. The first-order chi connectivity index (χ1) is 11.9. The van der Waals surface area contributed by atoms with Crippen LogP contribution in [-0.4, -0.2) is 95.8 Å². The molecular formula is C17H28N6O2. The van der Waals surface area contributed by atoms with Gasteiger partial charge in [0.2, 0.25) is 5.91 Å². The molecule has 2 atom stereocenters. The van der Waals surface area contributed by atoms with E-state index < -0.39 is 0 Å². The van der Waals surface area contributed by atoms with Crippen LogP contribution < -0.4 is 9.80 Å². The highest BCUT2D eigenvalue weighted by atomic mass is 16.3. The fourth-order valence-electron chi connectivity index (χ4n) is 3.45. The van der Waals surface area contributed by atoms with Crippen LogP contribution >= 0.6 is 0 Å². The van der Waals surface area contributed by atoms with E-state index in [4.69, 9.17) is 0 Å². The van der Waals surface area contributed by atoms with Crippen molar-refractivity contribution in [1.82, 2.24) is 19.8 Å². The smallest absolute Gasteiger partial charge is 0.241 e. The monoisotopic (exact) mass is 348 g/mol. The van der Waals surface area contributed by atoms with Crippen molar-refractivity contribution >= 4 is 17.5 Å². The third kappa shape index (κ3) is 4.19. The largest absolute Gasteiger partial charge is 0.392 e. The lowest BCUT2D eigenvalue weighted by molar-refractivity contribution is -0.129. The molecule has 2 unspecified atom stereocenters. The lowest BCUT2D eigenvalue weighted by Gasteiger charge is -2.41. The highest BCUT2D eigenvalue weighted by Gasteiger charge is 2.27. The zero-order chi connectivity index (χ0) is 18.0. The summed E-state index contributed by atoms with van der Waals surface area (Å²) >= 11 is 0. The molecular weight excluding hydrogens is 320 g/mol. The molecule has 2 aliphatic rings. The Kier molecular flexibility index (Phi) is 5.39. The fourth-order valence-corrected chi connectivity index (χ4v) is 3.45. The van der Waals surface area contributed by atoms with Crippen LogP contribution in [0.3, 0.4) is 0 Å². The molecule has 2 saturated heterocycles. The van der Waals surface area contributed by atoms with Crippen LogP contribution in [0.2, 0.25) is 0 Å². The Bertz CT molecular complexity index is 611. The number of aliphatic hydroxyl groups excluding tert-OH is 1. The number of likely N-dealkylation sites (N-methyl/N-ethyl adjacent to an activating group) is 1. The van der Waals surface area contributed by atoms with E-state index in [1.165, 1.54) is 0 Å². The number of anilines is 2. The van der Waals surface area contributed by atoms with Crippen LogP contribution in [0.25, 0.3) is 0 Å². The van der Waals surface area contributed by atoms with Gasteiger partial charge in [0, 0.05) is 58.4 Å². The molecule has 0 radical (unpaired) electrons. The number of β-amino-alcohol motifs (C(OH)–C–C–N with tert-alkyl or cyclic N) is 1. The maximum Gasteiger partial charge on any atom is 0.241 e. The third-order valence-corrected chi connectivity index (χ3v) is 5.01. The van der Waals surface area contributed by atoms with E-state index in [1.54, 1.807) is 11.2 Å². The second-order valence-electron chi connectivity index (χ2n) is 7.11. The van der Waals surface area contributed by atoms with Gasteiger partial charge in [0.15, 0.2) is 0 Å². The minimum Gasteiger partial charge on any atom is -0.392 e. The van der Waals surface area contributed by atoms with Crippen LogP contribution in [0.4, 0.5) is 11.6 Å². The summed E-state index contributed by atoms with van der Waals surface area (Å²) in [6.45, 7) is 9.21. The van der Waals surface area contributed by atoms with Gasteiger partial charge in [-0.3, -0.25) is 9.69 Å². The molecule has 8 nitrogen and oxygen atoms in total. The molecule has 2 aliphatic heterocycles. The van der Waals surface area contributed by atoms with Crippen LogP contribution in [0, 0.1) is 0 Å². The molecule has 3 rings (SSSR count). The van der Waals surface area contributed by atoms with Gasteiger partial charge in [-0.15, -0.1) is 0 Å². The van der Waals surface area contributed by atoms with Crippen LogP contribution in [0.15, 0.2) is 12.4 Å². The molecule has 1 N–H and O–H groups in total. The van der Waals surface area contributed by atoms with Gasteiger partial charge in [-0.25, -0.2) is 9.97 Å². The zero-order valence-electron chi connectivity index (χ0n) is 15.3. The SMILES string of the molecule is CC(O)CN1CCN(c2cc(N3CCN(C)C(=O)C3)ncn2)CC1C. The van der Waals surface area contributed by atoms with E-state index in [0.717, 1.165) is 37.8 Å². The number of carbonyl (C=O) groups is 1. The van der Waals surface area contributed by atoms with Gasteiger partial charge < -0.3 is 19.8 Å². The Morgan fingerprint density at radius 2 is 1.88 bits per heavy atom. The zero-order valence-corrected chi connectivity index (χ0v) is 15.3. The summed E-state index contributed by atoms with van der Waals surface area (Å²) in [6, 6.07) is 2.34. The van der Waals surface area contributed by atoms with Gasteiger partial charge in [0.05, 0.1) is 12.6 Å². The lowest BCUT2D eigenvalue weighted by atomic mass is 10.1. The topological polar surface area (TPSA) is 76.0 Å². The van der Waals surface area contributed by atoms with E-state index in [-0.39, 0.29) is 12.0 Å². The van der Waals surface area contributed by atoms with Gasteiger partial charge in [0.1, 0.15) is 18.0 Å². The van der Waals surface area contributed by atoms with Gasteiger partial charge in [-0.2, -0.15) is 0 Å². The highest BCUT2D eigenvalue weighted by molar-refractivity contribution is 5.82. The van der Waals surface area contributed by atoms with Gasteiger partial charge in [-0.05, 0) is 13.8 Å². The number of carbonyl (C=O) groups excluding carboxylic acids is 1. The molecule has 0 saturated carbocycles. The molecule has 1 amide bonds.